The fourth-order valence-corrected chi connectivity index (χ4v) is 3.25. The first kappa shape index (κ1) is 19.1. The Morgan fingerprint density at radius 1 is 1.26 bits per heavy atom. The van der Waals surface area contributed by atoms with Gasteiger partial charge in [-0.15, -0.1) is 0 Å². The minimum atomic E-state index is 0.250. The lowest BCUT2D eigenvalue weighted by atomic mass is 10.0. The van der Waals surface area contributed by atoms with Crippen LogP contribution in [0.15, 0.2) is 18.3 Å². The van der Waals surface area contributed by atoms with Crippen LogP contribution in [0.1, 0.15) is 22.3 Å². The molecule has 1 aliphatic rings. The summed E-state index contributed by atoms with van der Waals surface area (Å²) in [4.78, 5) is 20.5. The topological polar surface area (TPSA) is 78.7 Å². The Bertz CT molecular complexity index is 854. The number of nitrogens with zero attached hydrogens (tertiary/aromatic N) is 4. The SMILES string of the molecule is COc1cc2c(C=O)c(C#N)cnc2cc1OCCCN1CCN(C)CC1. The van der Waals surface area contributed by atoms with Crippen molar-refractivity contribution in [2.45, 2.75) is 6.42 Å². The van der Waals surface area contributed by atoms with E-state index in [-0.39, 0.29) is 5.56 Å². The fraction of sp³-hybridized carbons (Fsp3) is 0.450. The molecule has 27 heavy (non-hydrogen) atoms. The molecule has 0 spiro atoms. The van der Waals surface area contributed by atoms with Crippen molar-refractivity contribution in [1.82, 2.24) is 14.8 Å². The summed E-state index contributed by atoms with van der Waals surface area (Å²) < 4.78 is 11.3. The predicted octanol–water partition coefficient (Wildman–Crippen LogP) is 1.94. The van der Waals surface area contributed by atoms with E-state index >= 15 is 0 Å². The van der Waals surface area contributed by atoms with Gasteiger partial charge in [-0.05, 0) is 19.5 Å². The zero-order valence-corrected chi connectivity index (χ0v) is 15.8. The summed E-state index contributed by atoms with van der Waals surface area (Å²) in [5.74, 6) is 1.12. The van der Waals surface area contributed by atoms with Gasteiger partial charge in [0.15, 0.2) is 17.8 Å². The third kappa shape index (κ3) is 4.35. The first-order valence-corrected chi connectivity index (χ1v) is 9.06. The quantitative estimate of drug-likeness (QED) is 0.546. The van der Waals surface area contributed by atoms with Gasteiger partial charge >= 0.3 is 0 Å². The number of aromatic nitrogens is 1. The number of piperazine rings is 1. The number of methoxy groups -OCH3 is 1. The smallest absolute Gasteiger partial charge is 0.163 e. The van der Waals surface area contributed by atoms with E-state index in [0.29, 0.717) is 40.9 Å². The second-order valence-electron chi connectivity index (χ2n) is 6.68. The van der Waals surface area contributed by atoms with E-state index in [0.717, 1.165) is 39.1 Å². The number of ether oxygens (including phenoxy) is 2. The van der Waals surface area contributed by atoms with Gasteiger partial charge in [0, 0.05) is 55.9 Å². The molecule has 0 amide bonds. The van der Waals surface area contributed by atoms with Gasteiger partial charge in [-0.3, -0.25) is 9.78 Å². The maximum Gasteiger partial charge on any atom is 0.163 e. The van der Waals surface area contributed by atoms with Crippen molar-refractivity contribution in [1.29, 1.82) is 5.26 Å². The van der Waals surface area contributed by atoms with E-state index in [1.54, 1.807) is 19.2 Å². The van der Waals surface area contributed by atoms with Crippen molar-refractivity contribution in [3.05, 3.63) is 29.5 Å². The average Bonchev–Trinajstić information content (AvgIpc) is 2.70. The van der Waals surface area contributed by atoms with Crippen molar-refractivity contribution in [3.8, 4) is 17.6 Å². The first-order chi connectivity index (χ1) is 13.2. The van der Waals surface area contributed by atoms with E-state index in [2.05, 4.69) is 21.8 Å². The number of likely N-dealkylation sites (N-methyl/N-ethyl adjacent to an activating group) is 1. The van der Waals surface area contributed by atoms with E-state index in [4.69, 9.17) is 14.7 Å². The summed E-state index contributed by atoms with van der Waals surface area (Å²) in [6, 6.07) is 5.47. The highest BCUT2D eigenvalue weighted by molar-refractivity contribution is 5.99. The molecule has 0 saturated carbocycles. The number of fused-ring (bicyclic) bond motifs is 1. The zero-order valence-electron chi connectivity index (χ0n) is 15.8. The van der Waals surface area contributed by atoms with Crippen LogP contribution in [0.3, 0.4) is 0 Å². The van der Waals surface area contributed by atoms with Crippen LogP contribution in [0, 0.1) is 11.3 Å². The van der Waals surface area contributed by atoms with Crippen LogP contribution < -0.4 is 9.47 Å². The molecule has 1 saturated heterocycles. The average molecular weight is 368 g/mol. The molecule has 0 atom stereocenters. The minimum Gasteiger partial charge on any atom is -0.493 e. The van der Waals surface area contributed by atoms with E-state index < -0.39 is 0 Å². The Labute approximate surface area is 159 Å². The number of benzene rings is 1. The second kappa shape index (κ2) is 8.80. The van der Waals surface area contributed by atoms with E-state index in [9.17, 15) is 4.79 Å². The van der Waals surface area contributed by atoms with Gasteiger partial charge in [-0.25, -0.2) is 0 Å². The van der Waals surface area contributed by atoms with Crippen molar-refractivity contribution in [2.24, 2.45) is 0 Å². The summed E-state index contributed by atoms with van der Waals surface area (Å²) >= 11 is 0. The number of hydrogen-bond acceptors (Lipinski definition) is 7. The summed E-state index contributed by atoms with van der Waals surface area (Å²) in [5.41, 5.74) is 1.17. The van der Waals surface area contributed by atoms with Gasteiger partial charge < -0.3 is 19.3 Å². The van der Waals surface area contributed by atoms with Crippen LogP contribution in [0.2, 0.25) is 0 Å². The van der Waals surface area contributed by atoms with Crippen molar-refractivity contribution >= 4 is 17.2 Å². The highest BCUT2D eigenvalue weighted by Crippen LogP contribution is 2.33. The molecular formula is C20H24N4O3. The second-order valence-corrected chi connectivity index (χ2v) is 6.68. The highest BCUT2D eigenvalue weighted by Gasteiger charge is 2.15. The molecule has 0 radical (unpaired) electrons. The van der Waals surface area contributed by atoms with Crippen LogP contribution in [-0.4, -0.2) is 74.6 Å². The van der Waals surface area contributed by atoms with Crippen LogP contribution in [-0.2, 0) is 0 Å². The van der Waals surface area contributed by atoms with Crippen LogP contribution >= 0.6 is 0 Å². The molecule has 0 aliphatic carbocycles. The lowest BCUT2D eigenvalue weighted by Gasteiger charge is -2.32. The number of hydrogen-bond donors (Lipinski definition) is 0. The molecule has 1 aromatic heterocycles. The molecular weight excluding hydrogens is 344 g/mol. The van der Waals surface area contributed by atoms with E-state index in [1.165, 1.54) is 6.20 Å². The van der Waals surface area contributed by atoms with Gasteiger partial charge in [0.1, 0.15) is 6.07 Å². The molecule has 1 aromatic carbocycles. The van der Waals surface area contributed by atoms with Gasteiger partial charge in [0.25, 0.3) is 0 Å². The summed E-state index contributed by atoms with van der Waals surface area (Å²) in [5, 5.41) is 9.73. The van der Waals surface area contributed by atoms with Crippen molar-refractivity contribution in [3.63, 3.8) is 0 Å². The molecule has 0 unspecified atom stereocenters. The summed E-state index contributed by atoms with van der Waals surface area (Å²) in [6.07, 6.45) is 3.01. The van der Waals surface area contributed by atoms with Gasteiger partial charge in [-0.2, -0.15) is 5.26 Å². The minimum absolute atomic E-state index is 0.250. The molecule has 2 aromatic rings. The first-order valence-electron chi connectivity index (χ1n) is 9.06. The van der Waals surface area contributed by atoms with Gasteiger partial charge in [0.2, 0.25) is 0 Å². The van der Waals surface area contributed by atoms with E-state index in [1.807, 2.05) is 6.07 Å². The summed E-state index contributed by atoms with van der Waals surface area (Å²) in [6.45, 7) is 5.97. The molecule has 1 aliphatic heterocycles. The van der Waals surface area contributed by atoms with Crippen molar-refractivity contribution in [2.75, 3.05) is 53.5 Å². The highest BCUT2D eigenvalue weighted by atomic mass is 16.5. The normalized spacial score (nSPS) is 15.4. The fourth-order valence-electron chi connectivity index (χ4n) is 3.25. The molecule has 7 heteroatoms. The van der Waals surface area contributed by atoms with Crippen LogP contribution in [0.25, 0.3) is 10.9 Å². The lowest BCUT2D eigenvalue weighted by Crippen LogP contribution is -2.44. The largest absolute Gasteiger partial charge is 0.493 e. The third-order valence-corrected chi connectivity index (χ3v) is 4.91. The monoisotopic (exact) mass is 368 g/mol. The molecule has 3 rings (SSSR count). The lowest BCUT2D eigenvalue weighted by molar-refractivity contribution is 0.112. The van der Waals surface area contributed by atoms with Gasteiger partial charge in [0.05, 0.1) is 24.8 Å². The molecule has 2 heterocycles. The number of pyridine rings is 1. The van der Waals surface area contributed by atoms with Gasteiger partial charge in [-0.1, -0.05) is 0 Å². The summed E-state index contributed by atoms with van der Waals surface area (Å²) in [7, 11) is 3.70. The van der Waals surface area contributed by atoms with Crippen LogP contribution in [0.5, 0.6) is 11.5 Å². The number of carbonyl (C=O) groups excluding carboxylic acids is 1. The number of aldehydes is 1. The maximum atomic E-state index is 11.4. The third-order valence-electron chi connectivity index (χ3n) is 4.91. The van der Waals surface area contributed by atoms with Crippen LogP contribution in [0.4, 0.5) is 0 Å². The number of rotatable bonds is 7. The molecule has 0 bridgehead atoms. The maximum absolute atomic E-state index is 11.4. The Balaban J connectivity index is 1.69. The zero-order chi connectivity index (χ0) is 19.2. The Morgan fingerprint density at radius 2 is 2.04 bits per heavy atom. The predicted molar refractivity (Wildman–Crippen MR) is 102 cm³/mol. The number of nitriles is 1. The Hall–Kier alpha value is -2.69. The molecule has 0 N–H and O–H groups in total. The Kier molecular flexibility index (Phi) is 6.22. The standard InChI is InChI=1S/C20H24N4O3/c1-23-5-7-24(8-6-23)4-3-9-27-20-11-18-16(10-19(20)26-2)17(14-25)15(12-21)13-22-18/h10-11,13-14H,3-9H2,1-2H3. The van der Waals surface area contributed by atoms with Crippen molar-refractivity contribution < 1.29 is 14.3 Å². The molecule has 1 fully saturated rings. The Morgan fingerprint density at radius 3 is 2.70 bits per heavy atom. The number of carbonyl (C=O) groups is 1. The molecule has 142 valence electrons. The molecule has 7 nitrogen and oxygen atoms in total.